The third-order valence-electron chi connectivity index (χ3n) is 1.95. The molecule has 0 aromatic carbocycles. The summed E-state index contributed by atoms with van der Waals surface area (Å²) in [6, 6.07) is 0. The Morgan fingerprint density at radius 1 is 1.60 bits per heavy atom. The average molecular weight is 229 g/mol. The van der Waals surface area contributed by atoms with Gasteiger partial charge in [-0.25, -0.2) is 4.98 Å². The molecule has 0 saturated carbocycles. The molecular weight excluding hydrogens is 214 g/mol. The predicted octanol–water partition coefficient (Wildman–Crippen LogP) is 1.46. The largest absolute Gasteiger partial charge is 0.469 e. The fourth-order valence-corrected chi connectivity index (χ4v) is 1.58. The lowest BCUT2D eigenvalue weighted by molar-refractivity contribution is -0.149. The highest BCUT2D eigenvalue weighted by Crippen LogP contribution is 2.19. The van der Waals surface area contributed by atoms with Crippen molar-refractivity contribution in [2.45, 2.75) is 20.8 Å². The van der Waals surface area contributed by atoms with Crippen LogP contribution < -0.4 is 5.32 Å². The first-order valence-electron chi connectivity index (χ1n) is 4.58. The molecule has 5 nitrogen and oxygen atoms in total. The molecule has 0 radical (unpaired) electrons. The number of carbonyl (C=O) groups is 1. The lowest BCUT2D eigenvalue weighted by Crippen LogP contribution is -2.33. The number of aryl methyl sites for hydroxylation is 1. The number of anilines is 1. The first-order valence-corrected chi connectivity index (χ1v) is 5.35. The molecule has 0 saturated heterocycles. The van der Waals surface area contributed by atoms with Crippen molar-refractivity contribution in [1.82, 2.24) is 9.36 Å². The molecule has 0 amide bonds. The smallest absolute Gasteiger partial charge is 0.313 e. The number of hydrogen-bond acceptors (Lipinski definition) is 6. The number of rotatable bonds is 4. The summed E-state index contributed by atoms with van der Waals surface area (Å²) in [6.45, 7) is 5.95. The third kappa shape index (κ3) is 3.16. The Balaban J connectivity index is 2.53. The number of carbonyl (C=O) groups excluding carboxylic acids is 1. The molecular formula is C9H15N3O2S. The van der Waals surface area contributed by atoms with Crippen LogP contribution in [0.15, 0.2) is 0 Å². The van der Waals surface area contributed by atoms with Gasteiger partial charge in [0, 0.05) is 18.1 Å². The number of esters is 1. The van der Waals surface area contributed by atoms with Crippen LogP contribution >= 0.6 is 11.5 Å². The van der Waals surface area contributed by atoms with Gasteiger partial charge in [-0.15, -0.1) is 0 Å². The van der Waals surface area contributed by atoms with Crippen molar-refractivity contribution in [2.24, 2.45) is 5.41 Å². The molecule has 1 aromatic heterocycles. The Labute approximate surface area is 93.0 Å². The minimum Gasteiger partial charge on any atom is -0.469 e. The lowest BCUT2D eigenvalue weighted by Gasteiger charge is -2.21. The summed E-state index contributed by atoms with van der Waals surface area (Å²) >= 11 is 1.29. The molecule has 0 aliphatic carbocycles. The molecule has 1 aromatic rings. The highest BCUT2D eigenvalue weighted by Gasteiger charge is 2.28. The monoisotopic (exact) mass is 229 g/mol. The number of nitrogens with zero attached hydrogens (tertiary/aromatic N) is 2. The molecule has 15 heavy (non-hydrogen) atoms. The molecule has 6 heteroatoms. The van der Waals surface area contributed by atoms with Gasteiger partial charge in [0.25, 0.3) is 0 Å². The predicted molar refractivity (Wildman–Crippen MR) is 58.9 cm³/mol. The summed E-state index contributed by atoms with van der Waals surface area (Å²) < 4.78 is 8.73. The zero-order valence-corrected chi connectivity index (χ0v) is 10.1. The number of nitrogens with one attached hydrogen (secondary N) is 1. The highest BCUT2D eigenvalue weighted by atomic mass is 32.1. The third-order valence-corrected chi connectivity index (χ3v) is 2.71. The van der Waals surface area contributed by atoms with Crippen molar-refractivity contribution in [1.29, 1.82) is 0 Å². The summed E-state index contributed by atoms with van der Waals surface area (Å²) in [7, 11) is 1.39. The van der Waals surface area contributed by atoms with Gasteiger partial charge in [-0.3, -0.25) is 4.79 Å². The van der Waals surface area contributed by atoms with Gasteiger partial charge >= 0.3 is 5.97 Å². The van der Waals surface area contributed by atoms with Gasteiger partial charge in [-0.2, -0.15) is 4.37 Å². The number of aromatic nitrogens is 2. The summed E-state index contributed by atoms with van der Waals surface area (Å²) in [5, 5.41) is 3.79. The minimum absolute atomic E-state index is 0.240. The van der Waals surface area contributed by atoms with Gasteiger partial charge in [-0.1, -0.05) is 0 Å². The van der Waals surface area contributed by atoms with E-state index in [1.54, 1.807) is 0 Å². The van der Waals surface area contributed by atoms with Crippen molar-refractivity contribution in [3.05, 3.63) is 5.82 Å². The maximum absolute atomic E-state index is 11.4. The van der Waals surface area contributed by atoms with Crippen molar-refractivity contribution in [3.8, 4) is 0 Å². The van der Waals surface area contributed by atoms with Crippen molar-refractivity contribution >= 4 is 22.6 Å². The lowest BCUT2D eigenvalue weighted by atomic mass is 9.94. The van der Waals surface area contributed by atoms with E-state index in [0.29, 0.717) is 6.54 Å². The zero-order valence-electron chi connectivity index (χ0n) is 9.33. The normalized spacial score (nSPS) is 11.2. The second kappa shape index (κ2) is 4.57. The second-order valence-electron chi connectivity index (χ2n) is 3.88. The molecule has 0 unspecified atom stereocenters. The maximum Gasteiger partial charge on any atom is 0.313 e. The fraction of sp³-hybridized carbons (Fsp3) is 0.667. The average Bonchev–Trinajstić information content (AvgIpc) is 2.60. The summed E-state index contributed by atoms with van der Waals surface area (Å²) in [5.74, 6) is 0.495. The molecule has 84 valence electrons. The van der Waals surface area contributed by atoms with E-state index in [9.17, 15) is 4.79 Å². The van der Waals surface area contributed by atoms with Gasteiger partial charge in [-0.05, 0) is 20.8 Å². The molecule has 1 N–H and O–H groups in total. The SMILES string of the molecule is COC(=O)C(C)(C)CNc1nc(C)ns1. The van der Waals surface area contributed by atoms with Crippen molar-refractivity contribution < 1.29 is 9.53 Å². The maximum atomic E-state index is 11.4. The molecule has 1 heterocycles. The van der Waals surface area contributed by atoms with Gasteiger partial charge in [0.05, 0.1) is 12.5 Å². The number of ether oxygens (including phenoxy) is 1. The highest BCUT2D eigenvalue weighted by molar-refractivity contribution is 7.09. The second-order valence-corrected chi connectivity index (χ2v) is 4.63. The van der Waals surface area contributed by atoms with E-state index in [1.165, 1.54) is 18.6 Å². The first kappa shape index (κ1) is 11.9. The van der Waals surface area contributed by atoms with Gasteiger partial charge in [0.15, 0.2) is 0 Å². The fourth-order valence-electron chi connectivity index (χ4n) is 1.01. The van der Waals surface area contributed by atoms with Crippen LogP contribution in [0.25, 0.3) is 0 Å². The minimum atomic E-state index is -0.561. The molecule has 0 fully saturated rings. The summed E-state index contributed by atoms with van der Waals surface area (Å²) in [4.78, 5) is 15.5. The van der Waals surface area contributed by atoms with E-state index in [1.807, 2.05) is 20.8 Å². The van der Waals surface area contributed by atoms with E-state index in [0.717, 1.165) is 11.0 Å². The van der Waals surface area contributed by atoms with Crippen LogP contribution in [0.2, 0.25) is 0 Å². The first-order chi connectivity index (χ1) is 6.95. The Morgan fingerprint density at radius 2 is 2.27 bits per heavy atom. The van der Waals surface area contributed by atoms with E-state index in [4.69, 9.17) is 4.74 Å². The molecule has 0 aliphatic rings. The molecule has 0 aliphatic heterocycles. The van der Waals surface area contributed by atoms with Crippen LogP contribution in [-0.2, 0) is 9.53 Å². The van der Waals surface area contributed by atoms with Gasteiger partial charge < -0.3 is 10.1 Å². The van der Waals surface area contributed by atoms with E-state index in [2.05, 4.69) is 14.7 Å². The van der Waals surface area contributed by atoms with Crippen LogP contribution in [-0.4, -0.2) is 29.0 Å². The Morgan fingerprint density at radius 3 is 2.73 bits per heavy atom. The Bertz CT molecular complexity index is 349. The van der Waals surface area contributed by atoms with Gasteiger partial charge in [0.2, 0.25) is 5.13 Å². The van der Waals surface area contributed by atoms with Crippen LogP contribution in [0.5, 0.6) is 0 Å². The number of methoxy groups -OCH3 is 1. The summed E-state index contributed by atoms with van der Waals surface area (Å²) in [6.07, 6.45) is 0. The topological polar surface area (TPSA) is 64.1 Å². The van der Waals surface area contributed by atoms with Gasteiger partial charge in [0.1, 0.15) is 5.82 Å². The van der Waals surface area contributed by atoms with Crippen molar-refractivity contribution in [3.63, 3.8) is 0 Å². The molecule has 0 atom stereocenters. The molecule has 1 rings (SSSR count). The number of hydrogen-bond donors (Lipinski definition) is 1. The quantitative estimate of drug-likeness (QED) is 0.792. The van der Waals surface area contributed by atoms with Crippen LogP contribution in [0.3, 0.4) is 0 Å². The van der Waals surface area contributed by atoms with Crippen LogP contribution in [0.1, 0.15) is 19.7 Å². The standard InChI is InChI=1S/C9H15N3O2S/c1-6-11-8(15-12-6)10-5-9(2,3)7(13)14-4/h5H2,1-4H3,(H,10,11,12). The van der Waals surface area contributed by atoms with E-state index in [-0.39, 0.29) is 5.97 Å². The Hall–Kier alpha value is -1.17. The zero-order chi connectivity index (χ0) is 11.5. The Kier molecular flexibility index (Phi) is 3.62. The molecule has 0 spiro atoms. The van der Waals surface area contributed by atoms with Crippen LogP contribution in [0.4, 0.5) is 5.13 Å². The van der Waals surface area contributed by atoms with Crippen molar-refractivity contribution in [2.75, 3.05) is 19.0 Å². The van der Waals surface area contributed by atoms with E-state index >= 15 is 0 Å². The van der Waals surface area contributed by atoms with E-state index < -0.39 is 5.41 Å². The summed E-state index contributed by atoms with van der Waals surface area (Å²) in [5.41, 5.74) is -0.561. The molecule has 0 bridgehead atoms. The van der Waals surface area contributed by atoms with Crippen LogP contribution in [0, 0.1) is 12.3 Å².